The molecule has 0 bridgehead atoms. The van der Waals surface area contributed by atoms with Crippen molar-refractivity contribution in [1.82, 2.24) is 23.8 Å². The van der Waals surface area contributed by atoms with Gasteiger partial charge in [0, 0.05) is 44.1 Å². The van der Waals surface area contributed by atoms with Gasteiger partial charge in [-0.05, 0) is 37.8 Å². The molecule has 4 rings (SSSR count). The fourth-order valence-electron chi connectivity index (χ4n) is 4.09. The van der Waals surface area contributed by atoms with Crippen molar-refractivity contribution in [2.45, 2.75) is 46.1 Å². The summed E-state index contributed by atoms with van der Waals surface area (Å²) in [6.45, 7) is 8.86. The summed E-state index contributed by atoms with van der Waals surface area (Å²) < 4.78 is 4.19. The van der Waals surface area contributed by atoms with Crippen LogP contribution in [0.5, 0.6) is 0 Å². The molecule has 0 unspecified atom stereocenters. The third-order valence-electron chi connectivity index (χ3n) is 5.53. The van der Waals surface area contributed by atoms with Crippen molar-refractivity contribution in [3.8, 4) is 0 Å². The lowest BCUT2D eigenvalue weighted by Gasteiger charge is -2.32. The van der Waals surface area contributed by atoms with Gasteiger partial charge in [-0.25, -0.2) is 9.97 Å². The highest BCUT2D eigenvalue weighted by atomic mass is 16.2. The van der Waals surface area contributed by atoms with Gasteiger partial charge >= 0.3 is 0 Å². The van der Waals surface area contributed by atoms with Crippen LogP contribution >= 0.6 is 0 Å². The van der Waals surface area contributed by atoms with Gasteiger partial charge in [-0.3, -0.25) is 9.20 Å². The van der Waals surface area contributed by atoms with E-state index < -0.39 is 0 Å². The van der Waals surface area contributed by atoms with Crippen LogP contribution in [0.3, 0.4) is 0 Å². The molecule has 1 fully saturated rings. The molecule has 4 heterocycles. The van der Waals surface area contributed by atoms with Gasteiger partial charge < -0.3 is 9.47 Å². The van der Waals surface area contributed by atoms with Crippen molar-refractivity contribution in [2.75, 3.05) is 13.1 Å². The molecule has 6 nitrogen and oxygen atoms in total. The number of hydrogen-bond acceptors (Lipinski definition) is 3. The summed E-state index contributed by atoms with van der Waals surface area (Å²) in [6.07, 6.45) is 7.94. The predicted octanol–water partition coefficient (Wildman–Crippen LogP) is 3.52. The van der Waals surface area contributed by atoms with Gasteiger partial charge in [-0.2, -0.15) is 0 Å². The Balaban J connectivity index is 1.44. The normalized spacial score (nSPS) is 15.8. The van der Waals surface area contributed by atoms with Gasteiger partial charge in [-0.15, -0.1) is 0 Å². The Morgan fingerprint density at radius 1 is 1.22 bits per heavy atom. The predicted molar refractivity (Wildman–Crippen MR) is 105 cm³/mol. The minimum atomic E-state index is 0.0927. The van der Waals surface area contributed by atoms with Crippen molar-refractivity contribution < 1.29 is 4.79 Å². The lowest BCUT2D eigenvalue weighted by Crippen LogP contribution is -2.40. The summed E-state index contributed by atoms with van der Waals surface area (Å²) in [5.74, 6) is 2.26. The Hall–Kier alpha value is -2.63. The quantitative estimate of drug-likeness (QED) is 0.711. The first kappa shape index (κ1) is 17.8. The Morgan fingerprint density at radius 2 is 2.00 bits per heavy atom. The number of rotatable bonds is 4. The third kappa shape index (κ3) is 3.36. The summed E-state index contributed by atoms with van der Waals surface area (Å²) >= 11 is 0. The van der Waals surface area contributed by atoms with E-state index >= 15 is 0 Å². The van der Waals surface area contributed by atoms with E-state index in [1.165, 1.54) is 0 Å². The number of piperidine rings is 1. The molecule has 3 aromatic rings. The van der Waals surface area contributed by atoms with E-state index in [0.717, 1.165) is 49.6 Å². The standard InChI is InChI=1S/C21H27N5O/c1-15(2)20-22-9-13-25(20)14-17-7-11-24(12-8-17)21(27)19-16(3)23-18-6-4-5-10-26(18)19/h4-6,9-10,13,15,17H,7-8,11-12,14H2,1-3H3. The van der Waals surface area contributed by atoms with Gasteiger partial charge in [0.25, 0.3) is 5.91 Å². The fraction of sp³-hybridized carbons (Fsp3) is 0.476. The average molecular weight is 365 g/mol. The molecule has 0 N–H and O–H groups in total. The van der Waals surface area contributed by atoms with E-state index in [-0.39, 0.29) is 5.91 Å². The van der Waals surface area contributed by atoms with Gasteiger partial charge in [-0.1, -0.05) is 19.9 Å². The molecule has 27 heavy (non-hydrogen) atoms. The lowest BCUT2D eigenvalue weighted by atomic mass is 9.96. The number of imidazole rings is 2. The van der Waals surface area contributed by atoms with Crippen LogP contribution in [0.25, 0.3) is 5.65 Å². The molecule has 142 valence electrons. The lowest BCUT2D eigenvalue weighted by molar-refractivity contribution is 0.0674. The SMILES string of the molecule is Cc1nc2ccccn2c1C(=O)N1CCC(Cn2ccnc2C(C)C)CC1. The topological polar surface area (TPSA) is 55.4 Å². The van der Waals surface area contributed by atoms with Crippen molar-refractivity contribution in [1.29, 1.82) is 0 Å². The molecule has 0 atom stereocenters. The van der Waals surface area contributed by atoms with E-state index in [2.05, 4.69) is 34.6 Å². The van der Waals surface area contributed by atoms with Crippen LogP contribution in [0, 0.1) is 12.8 Å². The number of carbonyl (C=O) groups is 1. The van der Waals surface area contributed by atoms with Crippen molar-refractivity contribution >= 4 is 11.6 Å². The van der Waals surface area contributed by atoms with E-state index in [1.807, 2.05) is 46.8 Å². The highest BCUT2D eigenvalue weighted by molar-refractivity contribution is 5.94. The molecule has 1 aliphatic heterocycles. The van der Waals surface area contributed by atoms with Crippen molar-refractivity contribution in [2.24, 2.45) is 5.92 Å². The maximum Gasteiger partial charge on any atom is 0.272 e. The van der Waals surface area contributed by atoms with Crippen LogP contribution in [0.1, 0.15) is 54.6 Å². The summed E-state index contributed by atoms with van der Waals surface area (Å²) in [5, 5.41) is 0. The summed E-state index contributed by atoms with van der Waals surface area (Å²) in [4.78, 5) is 24.1. The second-order valence-corrected chi connectivity index (χ2v) is 7.80. The van der Waals surface area contributed by atoms with E-state index in [9.17, 15) is 4.79 Å². The number of carbonyl (C=O) groups excluding carboxylic acids is 1. The van der Waals surface area contributed by atoms with E-state index in [1.54, 1.807) is 0 Å². The number of aromatic nitrogens is 4. The molecular formula is C21H27N5O. The molecule has 0 aliphatic carbocycles. The number of pyridine rings is 1. The smallest absolute Gasteiger partial charge is 0.272 e. The van der Waals surface area contributed by atoms with Crippen molar-refractivity contribution in [3.05, 3.63) is 54.0 Å². The maximum absolute atomic E-state index is 13.1. The largest absolute Gasteiger partial charge is 0.337 e. The van der Waals surface area contributed by atoms with Gasteiger partial charge in [0.05, 0.1) is 5.69 Å². The van der Waals surface area contributed by atoms with Gasteiger partial charge in [0.15, 0.2) is 0 Å². The van der Waals surface area contributed by atoms with Crippen LogP contribution in [0.2, 0.25) is 0 Å². The zero-order valence-corrected chi connectivity index (χ0v) is 16.3. The van der Waals surface area contributed by atoms with Gasteiger partial charge in [0.2, 0.25) is 0 Å². The Labute approximate surface area is 159 Å². The highest BCUT2D eigenvalue weighted by Gasteiger charge is 2.27. The average Bonchev–Trinajstić information content (AvgIpc) is 3.25. The number of amides is 1. The molecule has 0 aromatic carbocycles. The van der Waals surface area contributed by atoms with Crippen LogP contribution in [-0.2, 0) is 6.54 Å². The summed E-state index contributed by atoms with van der Waals surface area (Å²) in [7, 11) is 0. The molecule has 1 saturated heterocycles. The Morgan fingerprint density at radius 3 is 2.74 bits per heavy atom. The number of likely N-dealkylation sites (tertiary alicyclic amines) is 1. The molecule has 0 radical (unpaired) electrons. The summed E-state index contributed by atoms with van der Waals surface area (Å²) in [6, 6.07) is 5.82. The van der Waals surface area contributed by atoms with Crippen LogP contribution in [-0.4, -0.2) is 42.8 Å². The fourth-order valence-corrected chi connectivity index (χ4v) is 4.09. The number of aryl methyl sites for hydroxylation is 1. The molecule has 0 saturated carbocycles. The monoisotopic (exact) mass is 365 g/mol. The second kappa shape index (κ2) is 7.18. The maximum atomic E-state index is 13.1. The molecule has 0 spiro atoms. The molecular weight excluding hydrogens is 338 g/mol. The number of fused-ring (bicyclic) bond motifs is 1. The van der Waals surface area contributed by atoms with E-state index in [4.69, 9.17) is 0 Å². The third-order valence-corrected chi connectivity index (χ3v) is 5.53. The zero-order valence-electron chi connectivity index (χ0n) is 16.3. The van der Waals surface area contributed by atoms with Crippen molar-refractivity contribution in [3.63, 3.8) is 0 Å². The van der Waals surface area contributed by atoms with Crippen LogP contribution in [0.15, 0.2) is 36.8 Å². The summed E-state index contributed by atoms with van der Waals surface area (Å²) in [5.41, 5.74) is 2.32. The first-order chi connectivity index (χ1) is 13.0. The molecule has 3 aromatic heterocycles. The molecule has 1 amide bonds. The molecule has 6 heteroatoms. The van der Waals surface area contributed by atoms with Crippen LogP contribution in [0.4, 0.5) is 0 Å². The van der Waals surface area contributed by atoms with Gasteiger partial charge in [0.1, 0.15) is 17.2 Å². The minimum Gasteiger partial charge on any atom is -0.337 e. The minimum absolute atomic E-state index is 0.0927. The number of hydrogen-bond donors (Lipinski definition) is 0. The zero-order chi connectivity index (χ0) is 19.0. The van der Waals surface area contributed by atoms with E-state index in [0.29, 0.717) is 17.5 Å². The molecule has 1 aliphatic rings. The second-order valence-electron chi connectivity index (χ2n) is 7.80. The first-order valence-corrected chi connectivity index (χ1v) is 9.78. The number of nitrogens with zero attached hydrogens (tertiary/aromatic N) is 5. The Bertz CT molecular complexity index is 947. The van der Waals surface area contributed by atoms with Crippen LogP contribution < -0.4 is 0 Å². The first-order valence-electron chi connectivity index (χ1n) is 9.78. The highest BCUT2D eigenvalue weighted by Crippen LogP contribution is 2.24. The Kier molecular flexibility index (Phi) is 4.72.